The van der Waals surface area contributed by atoms with Crippen LogP contribution in [0.2, 0.25) is 0 Å². The second-order valence-corrected chi connectivity index (χ2v) is 7.32. The van der Waals surface area contributed by atoms with E-state index in [0.29, 0.717) is 18.0 Å². The zero-order chi connectivity index (χ0) is 14.2. The Labute approximate surface area is 122 Å². The Morgan fingerprint density at radius 3 is 2.60 bits per heavy atom. The molecule has 0 aromatic heterocycles. The Kier molecular flexibility index (Phi) is 4.07. The largest absolute Gasteiger partial charge is 0.396 e. The van der Waals surface area contributed by atoms with E-state index in [1.807, 2.05) is 0 Å². The fourth-order valence-corrected chi connectivity index (χ4v) is 5.08. The van der Waals surface area contributed by atoms with Gasteiger partial charge in [-0.1, -0.05) is 32.6 Å². The minimum absolute atomic E-state index is 0.00589. The molecule has 1 N–H and O–H groups in total. The van der Waals surface area contributed by atoms with Crippen molar-refractivity contribution in [1.29, 1.82) is 0 Å². The maximum Gasteiger partial charge on any atom is 0.223 e. The number of carbonyl (C=O) groups excluding carboxylic acids is 1. The summed E-state index contributed by atoms with van der Waals surface area (Å²) in [5.74, 6) is 1.17. The van der Waals surface area contributed by atoms with Crippen LogP contribution in [-0.2, 0) is 4.79 Å². The average molecular weight is 279 g/mol. The van der Waals surface area contributed by atoms with Gasteiger partial charge >= 0.3 is 0 Å². The van der Waals surface area contributed by atoms with Crippen molar-refractivity contribution in [2.75, 3.05) is 6.61 Å². The van der Waals surface area contributed by atoms with Crippen LogP contribution in [0.5, 0.6) is 0 Å². The van der Waals surface area contributed by atoms with E-state index >= 15 is 0 Å². The van der Waals surface area contributed by atoms with E-state index in [-0.39, 0.29) is 12.0 Å². The van der Waals surface area contributed by atoms with Crippen LogP contribution in [0.4, 0.5) is 0 Å². The van der Waals surface area contributed by atoms with Gasteiger partial charge in [-0.05, 0) is 38.0 Å². The Balaban J connectivity index is 1.61. The Morgan fingerprint density at radius 1 is 1.25 bits per heavy atom. The first-order valence-electron chi connectivity index (χ1n) is 8.62. The lowest BCUT2D eigenvalue weighted by atomic mass is 9.72. The number of aliphatic hydroxyl groups is 1. The molecule has 3 rings (SSSR count). The molecule has 3 aliphatic rings. The van der Waals surface area contributed by atoms with Gasteiger partial charge in [-0.3, -0.25) is 4.79 Å². The summed E-state index contributed by atoms with van der Waals surface area (Å²) >= 11 is 0. The van der Waals surface area contributed by atoms with Gasteiger partial charge < -0.3 is 10.0 Å². The molecule has 2 aliphatic heterocycles. The number of rotatable bonds is 5. The molecule has 2 saturated heterocycles. The van der Waals surface area contributed by atoms with Crippen molar-refractivity contribution in [3.8, 4) is 0 Å². The fourth-order valence-electron chi connectivity index (χ4n) is 5.08. The van der Waals surface area contributed by atoms with Gasteiger partial charge in [-0.25, -0.2) is 0 Å². The lowest BCUT2D eigenvalue weighted by Gasteiger charge is -2.34. The van der Waals surface area contributed by atoms with Gasteiger partial charge in [0.1, 0.15) is 0 Å². The molecule has 0 radical (unpaired) electrons. The molecular weight excluding hydrogens is 250 g/mol. The van der Waals surface area contributed by atoms with Crippen molar-refractivity contribution in [3.63, 3.8) is 0 Å². The molecular formula is C17H29NO2. The van der Waals surface area contributed by atoms with Crippen LogP contribution in [-0.4, -0.2) is 34.6 Å². The maximum atomic E-state index is 12.6. The quantitative estimate of drug-likeness (QED) is 0.840. The van der Waals surface area contributed by atoms with Crippen molar-refractivity contribution in [3.05, 3.63) is 0 Å². The smallest absolute Gasteiger partial charge is 0.223 e. The first kappa shape index (κ1) is 14.4. The molecule has 2 heterocycles. The summed E-state index contributed by atoms with van der Waals surface area (Å²) in [6.45, 7) is 2.41. The monoisotopic (exact) mass is 279 g/mol. The molecule has 3 nitrogen and oxygen atoms in total. The highest BCUT2D eigenvalue weighted by molar-refractivity contribution is 5.78. The van der Waals surface area contributed by atoms with E-state index in [1.54, 1.807) is 0 Å². The third-order valence-electron chi connectivity index (χ3n) is 6.40. The summed E-state index contributed by atoms with van der Waals surface area (Å²) in [4.78, 5) is 14.8. The highest BCUT2D eigenvalue weighted by Gasteiger charge is 2.55. The molecule has 1 aliphatic carbocycles. The van der Waals surface area contributed by atoms with Crippen molar-refractivity contribution in [2.45, 2.75) is 83.2 Å². The zero-order valence-electron chi connectivity index (χ0n) is 12.8. The van der Waals surface area contributed by atoms with Crippen LogP contribution >= 0.6 is 0 Å². The van der Waals surface area contributed by atoms with E-state index in [2.05, 4.69) is 11.8 Å². The number of hydrogen-bond acceptors (Lipinski definition) is 2. The molecule has 3 heteroatoms. The van der Waals surface area contributed by atoms with E-state index in [4.69, 9.17) is 0 Å². The first-order valence-corrected chi connectivity index (χ1v) is 8.62. The van der Waals surface area contributed by atoms with Crippen molar-refractivity contribution in [1.82, 2.24) is 4.90 Å². The molecule has 0 spiro atoms. The summed E-state index contributed by atoms with van der Waals surface area (Å²) in [5.41, 5.74) is 0.00589. The summed E-state index contributed by atoms with van der Waals surface area (Å²) in [7, 11) is 0. The van der Waals surface area contributed by atoms with Crippen molar-refractivity contribution >= 4 is 5.91 Å². The van der Waals surface area contributed by atoms with Gasteiger partial charge in [-0.2, -0.15) is 0 Å². The van der Waals surface area contributed by atoms with Crippen LogP contribution in [0.25, 0.3) is 0 Å². The average Bonchev–Trinajstić information content (AvgIpc) is 3.19. The molecule has 0 unspecified atom stereocenters. The number of amides is 1. The molecule has 2 bridgehead atoms. The van der Waals surface area contributed by atoms with Crippen LogP contribution in [0.3, 0.4) is 0 Å². The lowest BCUT2D eigenvalue weighted by Crippen LogP contribution is -2.42. The summed E-state index contributed by atoms with van der Waals surface area (Å²) < 4.78 is 0. The van der Waals surface area contributed by atoms with E-state index in [0.717, 1.165) is 44.4 Å². The molecule has 3 atom stereocenters. The first-order chi connectivity index (χ1) is 9.70. The van der Waals surface area contributed by atoms with E-state index in [9.17, 15) is 9.90 Å². The van der Waals surface area contributed by atoms with Gasteiger partial charge in [0.05, 0.1) is 6.61 Å². The van der Waals surface area contributed by atoms with Crippen molar-refractivity contribution < 1.29 is 9.90 Å². The van der Waals surface area contributed by atoms with Crippen molar-refractivity contribution in [2.24, 2.45) is 11.3 Å². The predicted molar refractivity (Wildman–Crippen MR) is 79.3 cm³/mol. The minimum atomic E-state index is 0.00589. The van der Waals surface area contributed by atoms with Gasteiger partial charge in [-0.15, -0.1) is 0 Å². The number of carbonyl (C=O) groups is 1. The van der Waals surface area contributed by atoms with Gasteiger partial charge in [0.15, 0.2) is 0 Å². The summed E-state index contributed by atoms with van der Waals surface area (Å²) in [6.07, 6.45) is 11.5. The normalized spacial score (nSPS) is 37.0. The van der Waals surface area contributed by atoms with Crippen LogP contribution in [0.1, 0.15) is 71.1 Å². The Hall–Kier alpha value is -0.570. The number of hydrogen-bond donors (Lipinski definition) is 1. The molecule has 20 heavy (non-hydrogen) atoms. The zero-order valence-corrected chi connectivity index (χ0v) is 12.8. The van der Waals surface area contributed by atoms with Crippen LogP contribution < -0.4 is 0 Å². The molecule has 1 amide bonds. The highest BCUT2D eigenvalue weighted by atomic mass is 16.3. The molecule has 114 valence electrons. The van der Waals surface area contributed by atoms with Gasteiger partial charge in [0.25, 0.3) is 0 Å². The molecule has 3 fully saturated rings. The van der Waals surface area contributed by atoms with Gasteiger partial charge in [0.2, 0.25) is 5.91 Å². The number of nitrogens with zero attached hydrogens (tertiary/aromatic N) is 1. The SMILES string of the molecule is CC[C@@]1(CO)C[C@@H]2CC[C@H]1N2C(=O)CCC1CCCC1. The lowest BCUT2D eigenvalue weighted by molar-refractivity contribution is -0.133. The molecule has 1 saturated carbocycles. The van der Waals surface area contributed by atoms with E-state index < -0.39 is 0 Å². The Bertz CT molecular complexity index is 358. The van der Waals surface area contributed by atoms with Crippen LogP contribution in [0, 0.1) is 11.3 Å². The molecule has 0 aromatic rings. The second-order valence-electron chi connectivity index (χ2n) is 7.32. The predicted octanol–water partition coefficient (Wildman–Crippen LogP) is 3.11. The van der Waals surface area contributed by atoms with Gasteiger partial charge in [0, 0.05) is 23.9 Å². The molecule has 0 aromatic carbocycles. The number of fused-ring (bicyclic) bond motifs is 2. The standard InChI is InChI=1S/C17H29NO2/c1-2-17(12-19)11-14-8-9-15(17)18(14)16(20)10-7-13-5-3-4-6-13/h13-15,19H,2-12H2,1H3/t14-,15+,17-/m0/s1. The summed E-state index contributed by atoms with van der Waals surface area (Å²) in [5, 5.41) is 9.80. The number of aliphatic hydroxyl groups excluding tert-OH is 1. The topological polar surface area (TPSA) is 40.5 Å². The van der Waals surface area contributed by atoms with E-state index in [1.165, 1.54) is 25.7 Å². The second kappa shape index (κ2) is 5.67. The third kappa shape index (κ3) is 2.28. The van der Waals surface area contributed by atoms with Crippen LogP contribution in [0.15, 0.2) is 0 Å². The summed E-state index contributed by atoms with van der Waals surface area (Å²) in [6, 6.07) is 0.738. The minimum Gasteiger partial charge on any atom is -0.396 e. The highest BCUT2D eigenvalue weighted by Crippen LogP contribution is 2.51. The third-order valence-corrected chi connectivity index (χ3v) is 6.40. The maximum absolute atomic E-state index is 12.6. The fraction of sp³-hybridized carbons (Fsp3) is 0.941. The Morgan fingerprint density at radius 2 is 2.00 bits per heavy atom.